The Hall–Kier alpha value is -3.93. The molecule has 0 radical (unpaired) electrons. The first-order valence-electron chi connectivity index (χ1n) is 11.6. The number of rotatable bonds is 6. The van der Waals surface area contributed by atoms with Gasteiger partial charge in [-0.25, -0.2) is 4.39 Å². The average molecular weight is 474 g/mol. The molecule has 180 valence electrons. The second-order valence-corrected chi connectivity index (χ2v) is 8.90. The van der Waals surface area contributed by atoms with E-state index >= 15 is 0 Å². The number of aliphatic hydroxyl groups is 1. The summed E-state index contributed by atoms with van der Waals surface area (Å²) in [4.78, 5) is 28.0. The maximum Gasteiger partial charge on any atom is 0.300 e. The van der Waals surface area contributed by atoms with Crippen molar-refractivity contribution < 1.29 is 23.8 Å². The summed E-state index contributed by atoms with van der Waals surface area (Å²) in [6.45, 7) is 8.25. The Morgan fingerprint density at radius 1 is 0.971 bits per heavy atom. The van der Waals surface area contributed by atoms with Crippen LogP contribution in [0.4, 0.5) is 10.1 Å². The Morgan fingerprint density at radius 3 is 2.23 bits per heavy atom. The normalized spacial score (nSPS) is 17.2. The van der Waals surface area contributed by atoms with Crippen LogP contribution in [-0.2, 0) is 9.59 Å². The Bertz CT molecular complexity index is 1310. The summed E-state index contributed by atoms with van der Waals surface area (Å²) in [5, 5.41) is 11.3. The monoisotopic (exact) mass is 473 g/mol. The zero-order chi connectivity index (χ0) is 25.3. The predicted molar refractivity (Wildman–Crippen MR) is 134 cm³/mol. The molecule has 1 atom stereocenters. The molecule has 1 N–H and O–H groups in total. The molecule has 1 heterocycles. The molecule has 35 heavy (non-hydrogen) atoms. The van der Waals surface area contributed by atoms with Crippen molar-refractivity contribution in [2.24, 2.45) is 0 Å². The number of hydrogen-bond acceptors (Lipinski definition) is 4. The van der Waals surface area contributed by atoms with Crippen LogP contribution in [0.3, 0.4) is 0 Å². The molecular weight excluding hydrogens is 445 g/mol. The SMILES string of the molecule is CCCOc1ccc(/C(O)=C2/C(=O)C(=O)N(c3cc(C)cc(C)c3)C2c2ccc(F)cc2)cc1C. The van der Waals surface area contributed by atoms with E-state index in [4.69, 9.17) is 4.74 Å². The van der Waals surface area contributed by atoms with Crippen LogP contribution in [0, 0.1) is 26.6 Å². The third kappa shape index (κ3) is 4.69. The van der Waals surface area contributed by atoms with E-state index in [0.29, 0.717) is 29.2 Å². The minimum Gasteiger partial charge on any atom is -0.507 e. The number of halogens is 1. The van der Waals surface area contributed by atoms with Crippen LogP contribution in [-0.4, -0.2) is 23.4 Å². The van der Waals surface area contributed by atoms with Gasteiger partial charge >= 0.3 is 0 Å². The van der Waals surface area contributed by atoms with E-state index in [-0.39, 0.29) is 11.3 Å². The summed E-state index contributed by atoms with van der Waals surface area (Å²) < 4.78 is 19.4. The van der Waals surface area contributed by atoms with Crippen molar-refractivity contribution in [3.05, 3.63) is 99.9 Å². The molecule has 6 heteroatoms. The zero-order valence-electron chi connectivity index (χ0n) is 20.3. The van der Waals surface area contributed by atoms with Crippen molar-refractivity contribution in [1.29, 1.82) is 0 Å². The second-order valence-electron chi connectivity index (χ2n) is 8.90. The third-order valence-electron chi connectivity index (χ3n) is 6.02. The molecule has 0 saturated carbocycles. The molecule has 1 aliphatic rings. The van der Waals surface area contributed by atoms with E-state index in [2.05, 4.69) is 0 Å². The van der Waals surface area contributed by atoms with E-state index in [1.54, 1.807) is 18.2 Å². The number of amides is 1. The molecule has 0 spiro atoms. The molecule has 1 unspecified atom stereocenters. The standard InChI is InChI=1S/C29H28FNO4/c1-5-12-35-24-11-8-21(16-19(24)4)27(32)25-26(20-6-9-22(30)10-7-20)31(29(34)28(25)33)23-14-17(2)13-18(3)15-23/h6-11,13-16,26,32H,5,12H2,1-4H3/b27-25-. The van der Waals surface area contributed by atoms with E-state index in [0.717, 1.165) is 23.1 Å². The molecule has 5 nitrogen and oxygen atoms in total. The van der Waals surface area contributed by atoms with Gasteiger partial charge in [0.1, 0.15) is 17.3 Å². The lowest BCUT2D eigenvalue weighted by Gasteiger charge is -2.26. The van der Waals surface area contributed by atoms with Crippen LogP contribution < -0.4 is 9.64 Å². The number of nitrogens with zero attached hydrogens (tertiary/aromatic N) is 1. The lowest BCUT2D eigenvalue weighted by atomic mass is 9.94. The number of carbonyl (C=O) groups excluding carboxylic acids is 2. The summed E-state index contributed by atoms with van der Waals surface area (Å²) in [6.07, 6.45) is 0.862. The van der Waals surface area contributed by atoms with E-state index < -0.39 is 23.5 Å². The number of carbonyl (C=O) groups is 2. The molecule has 0 aliphatic carbocycles. The van der Waals surface area contributed by atoms with Gasteiger partial charge in [0.25, 0.3) is 11.7 Å². The van der Waals surface area contributed by atoms with Crippen molar-refractivity contribution >= 4 is 23.1 Å². The molecule has 0 aromatic heterocycles. The van der Waals surface area contributed by atoms with Gasteiger partial charge in [-0.1, -0.05) is 25.1 Å². The van der Waals surface area contributed by atoms with Crippen molar-refractivity contribution in [2.75, 3.05) is 11.5 Å². The molecule has 0 bridgehead atoms. The zero-order valence-corrected chi connectivity index (χ0v) is 20.3. The molecule has 1 fully saturated rings. The molecule has 1 aliphatic heterocycles. The van der Waals surface area contributed by atoms with E-state index in [9.17, 15) is 19.1 Å². The maximum absolute atomic E-state index is 13.7. The Balaban J connectivity index is 1.89. The van der Waals surface area contributed by atoms with Gasteiger partial charge in [0.05, 0.1) is 18.2 Å². The van der Waals surface area contributed by atoms with Crippen LogP contribution in [0.2, 0.25) is 0 Å². The van der Waals surface area contributed by atoms with Gasteiger partial charge in [-0.15, -0.1) is 0 Å². The van der Waals surface area contributed by atoms with Crippen LogP contribution in [0.1, 0.15) is 47.2 Å². The van der Waals surface area contributed by atoms with Crippen LogP contribution in [0.25, 0.3) is 5.76 Å². The van der Waals surface area contributed by atoms with Gasteiger partial charge in [-0.05, 0) is 91.9 Å². The van der Waals surface area contributed by atoms with Crippen molar-refractivity contribution in [2.45, 2.75) is 40.2 Å². The first-order chi connectivity index (χ1) is 16.7. The summed E-state index contributed by atoms with van der Waals surface area (Å²) in [5.41, 5.74) is 4.07. The molecule has 1 saturated heterocycles. The smallest absolute Gasteiger partial charge is 0.300 e. The number of benzene rings is 3. The van der Waals surface area contributed by atoms with Gasteiger partial charge in [-0.3, -0.25) is 14.5 Å². The highest BCUT2D eigenvalue weighted by Crippen LogP contribution is 2.43. The summed E-state index contributed by atoms with van der Waals surface area (Å²) >= 11 is 0. The number of aliphatic hydroxyl groups excluding tert-OH is 1. The predicted octanol–water partition coefficient (Wildman–Crippen LogP) is 6.17. The minimum atomic E-state index is -0.909. The lowest BCUT2D eigenvalue weighted by Crippen LogP contribution is -2.29. The second kappa shape index (κ2) is 9.74. The van der Waals surface area contributed by atoms with Crippen molar-refractivity contribution in [3.8, 4) is 5.75 Å². The lowest BCUT2D eigenvalue weighted by molar-refractivity contribution is -0.132. The van der Waals surface area contributed by atoms with Crippen molar-refractivity contribution in [1.82, 2.24) is 0 Å². The first kappa shape index (κ1) is 24.2. The highest BCUT2D eigenvalue weighted by molar-refractivity contribution is 6.51. The largest absolute Gasteiger partial charge is 0.507 e. The topological polar surface area (TPSA) is 66.8 Å². The molecule has 3 aromatic rings. The third-order valence-corrected chi connectivity index (χ3v) is 6.02. The fourth-order valence-corrected chi connectivity index (χ4v) is 4.48. The van der Waals surface area contributed by atoms with Gasteiger partial charge in [0.15, 0.2) is 0 Å². The fraction of sp³-hybridized carbons (Fsp3) is 0.241. The van der Waals surface area contributed by atoms with Crippen LogP contribution in [0.5, 0.6) is 5.75 Å². The number of ether oxygens (including phenoxy) is 1. The Morgan fingerprint density at radius 2 is 1.63 bits per heavy atom. The average Bonchev–Trinajstić information content (AvgIpc) is 3.08. The van der Waals surface area contributed by atoms with E-state index in [1.807, 2.05) is 45.9 Å². The van der Waals surface area contributed by atoms with Crippen LogP contribution >= 0.6 is 0 Å². The summed E-state index contributed by atoms with van der Waals surface area (Å²) in [7, 11) is 0. The number of ketones is 1. The van der Waals surface area contributed by atoms with Gasteiger partial charge in [0, 0.05) is 11.3 Å². The van der Waals surface area contributed by atoms with Gasteiger partial charge in [0.2, 0.25) is 0 Å². The molecule has 3 aromatic carbocycles. The number of anilines is 1. The van der Waals surface area contributed by atoms with Crippen LogP contribution in [0.15, 0.2) is 66.2 Å². The maximum atomic E-state index is 13.7. The summed E-state index contributed by atoms with van der Waals surface area (Å²) in [5.74, 6) is -1.57. The first-order valence-corrected chi connectivity index (χ1v) is 11.6. The Labute approximate surface area is 204 Å². The molecule has 1 amide bonds. The summed E-state index contributed by atoms with van der Waals surface area (Å²) in [6, 6.07) is 15.5. The Kier molecular flexibility index (Phi) is 6.74. The number of Topliss-reactive ketones (excluding diaryl/α,β-unsaturated/α-hetero) is 1. The molecule has 4 rings (SSSR count). The van der Waals surface area contributed by atoms with Crippen molar-refractivity contribution in [3.63, 3.8) is 0 Å². The van der Waals surface area contributed by atoms with E-state index in [1.165, 1.54) is 29.2 Å². The highest BCUT2D eigenvalue weighted by Gasteiger charge is 2.47. The number of hydrogen-bond donors (Lipinski definition) is 1. The number of aryl methyl sites for hydroxylation is 3. The van der Waals surface area contributed by atoms with Gasteiger partial charge < -0.3 is 9.84 Å². The molecular formula is C29H28FNO4. The highest BCUT2D eigenvalue weighted by atomic mass is 19.1. The minimum absolute atomic E-state index is 0.0395. The van der Waals surface area contributed by atoms with Gasteiger partial charge in [-0.2, -0.15) is 0 Å². The fourth-order valence-electron chi connectivity index (χ4n) is 4.48. The quantitative estimate of drug-likeness (QED) is 0.264.